The number of ether oxygens (including phenoxy) is 2. The molecule has 0 unspecified atom stereocenters. The number of rotatable bonds is 5. The van der Waals surface area contributed by atoms with Crippen molar-refractivity contribution in [1.82, 2.24) is 9.80 Å². The lowest BCUT2D eigenvalue weighted by Gasteiger charge is -2.18. The maximum Gasteiger partial charge on any atom is 0.246 e. The predicted molar refractivity (Wildman–Crippen MR) is 91.9 cm³/mol. The third-order valence-corrected chi connectivity index (χ3v) is 3.94. The van der Waals surface area contributed by atoms with Gasteiger partial charge in [0.15, 0.2) is 11.5 Å². The number of benzene rings is 1. The number of hydrogen-bond donors (Lipinski definition) is 0. The van der Waals surface area contributed by atoms with Crippen LogP contribution in [0.25, 0.3) is 6.08 Å². The number of hydrogen-bond acceptors (Lipinski definition) is 4. The molecule has 0 N–H and O–H groups in total. The number of methoxy groups -OCH3 is 1. The molecule has 1 aromatic rings. The van der Waals surface area contributed by atoms with E-state index in [4.69, 9.17) is 9.47 Å². The Morgan fingerprint density at radius 3 is 2.78 bits per heavy atom. The molecule has 0 saturated carbocycles. The van der Waals surface area contributed by atoms with Crippen LogP contribution in [0, 0.1) is 0 Å². The van der Waals surface area contributed by atoms with Crippen LogP contribution in [0.2, 0.25) is 0 Å². The van der Waals surface area contributed by atoms with Crippen LogP contribution in [-0.4, -0.2) is 62.7 Å². The minimum absolute atomic E-state index is 0.0640. The van der Waals surface area contributed by atoms with Crippen molar-refractivity contribution in [2.45, 2.75) is 13.3 Å². The Morgan fingerprint density at radius 1 is 1.22 bits per heavy atom. The van der Waals surface area contributed by atoms with Crippen molar-refractivity contribution in [2.75, 3.05) is 46.9 Å². The molecule has 0 aliphatic carbocycles. The molecule has 5 heteroatoms. The van der Waals surface area contributed by atoms with Gasteiger partial charge >= 0.3 is 0 Å². The molecule has 1 amide bonds. The second kappa shape index (κ2) is 8.58. The van der Waals surface area contributed by atoms with Crippen LogP contribution >= 0.6 is 0 Å². The Labute approximate surface area is 138 Å². The quantitative estimate of drug-likeness (QED) is 0.781. The number of likely N-dealkylation sites (N-methyl/N-ethyl adjacent to an activating group) is 1. The van der Waals surface area contributed by atoms with Gasteiger partial charge in [0, 0.05) is 25.7 Å². The van der Waals surface area contributed by atoms with E-state index in [0.717, 1.165) is 38.2 Å². The minimum atomic E-state index is 0.0640. The Hall–Kier alpha value is -2.01. The van der Waals surface area contributed by atoms with Gasteiger partial charge in [-0.3, -0.25) is 4.79 Å². The lowest BCUT2D eigenvalue weighted by Crippen LogP contribution is -2.33. The van der Waals surface area contributed by atoms with Crippen molar-refractivity contribution in [3.63, 3.8) is 0 Å². The topological polar surface area (TPSA) is 42.0 Å². The van der Waals surface area contributed by atoms with E-state index in [-0.39, 0.29) is 5.91 Å². The first-order valence-electron chi connectivity index (χ1n) is 8.10. The van der Waals surface area contributed by atoms with Crippen LogP contribution in [-0.2, 0) is 4.79 Å². The van der Waals surface area contributed by atoms with E-state index >= 15 is 0 Å². The molecule has 23 heavy (non-hydrogen) atoms. The molecule has 1 saturated heterocycles. The number of carbonyl (C=O) groups is 1. The summed E-state index contributed by atoms with van der Waals surface area (Å²) in [7, 11) is 3.71. The molecule has 1 aliphatic heterocycles. The second-order valence-corrected chi connectivity index (χ2v) is 5.66. The fourth-order valence-electron chi connectivity index (χ4n) is 2.61. The lowest BCUT2D eigenvalue weighted by atomic mass is 10.2. The van der Waals surface area contributed by atoms with Crippen LogP contribution < -0.4 is 9.47 Å². The highest BCUT2D eigenvalue weighted by Crippen LogP contribution is 2.28. The maximum atomic E-state index is 12.3. The first-order valence-corrected chi connectivity index (χ1v) is 8.10. The molecule has 0 atom stereocenters. The molecule has 5 nitrogen and oxygen atoms in total. The van der Waals surface area contributed by atoms with Gasteiger partial charge in [0.2, 0.25) is 5.91 Å². The van der Waals surface area contributed by atoms with Crippen molar-refractivity contribution in [3.8, 4) is 11.5 Å². The normalized spacial score (nSPS) is 16.4. The van der Waals surface area contributed by atoms with Gasteiger partial charge in [0.25, 0.3) is 0 Å². The largest absolute Gasteiger partial charge is 0.493 e. The molecule has 1 heterocycles. The van der Waals surface area contributed by atoms with Gasteiger partial charge in [-0.2, -0.15) is 0 Å². The summed E-state index contributed by atoms with van der Waals surface area (Å²) in [4.78, 5) is 16.5. The smallest absolute Gasteiger partial charge is 0.246 e. The monoisotopic (exact) mass is 318 g/mol. The summed E-state index contributed by atoms with van der Waals surface area (Å²) < 4.78 is 10.8. The van der Waals surface area contributed by atoms with E-state index in [1.165, 1.54) is 0 Å². The summed E-state index contributed by atoms with van der Waals surface area (Å²) in [6, 6.07) is 5.67. The predicted octanol–water partition coefficient (Wildman–Crippen LogP) is 2.27. The molecule has 0 radical (unpaired) electrons. The Balaban J connectivity index is 2.04. The van der Waals surface area contributed by atoms with Crippen molar-refractivity contribution in [1.29, 1.82) is 0 Å². The summed E-state index contributed by atoms with van der Waals surface area (Å²) >= 11 is 0. The van der Waals surface area contributed by atoms with Crippen molar-refractivity contribution in [3.05, 3.63) is 29.8 Å². The zero-order chi connectivity index (χ0) is 16.7. The molecule has 0 bridgehead atoms. The molecule has 1 fully saturated rings. The highest BCUT2D eigenvalue weighted by Gasteiger charge is 2.15. The first-order chi connectivity index (χ1) is 11.1. The van der Waals surface area contributed by atoms with Gasteiger partial charge in [-0.05, 0) is 50.7 Å². The zero-order valence-corrected chi connectivity index (χ0v) is 14.2. The van der Waals surface area contributed by atoms with Crippen LogP contribution in [0.5, 0.6) is 11.5 Å². The van der Waals surface area contributed by atoms with Gasteiger partial charge in [-0.1, -0.05) is 6.07 Å². The van der Waals surface area contributed by atoms with E-state index in [0.29, 0.717) is 18.1 Å². The van der Waals surface area contributed by atoms with Crippen LogP contribution in [0.1, 0.15) is 18.9 Å². The first kappa shape index (κ1) is 17.3. The fraction of sp³-hybridized carbons (Fsp3) is 0.500. The third kappa shape index (κ3) is 4.99. The number of carbonyl (C=O) groups excluding carboxylic acids is 1. The molecular formula is C18H26N2O3. The Kier molecular flexibility index (Phi) is 6.47. The van der Waals surface area contributed by atoms with Crippen LogP contribution in [0.3, 0.4) is 0 Å². The van der Waals surface area contributed by atoms with Gasteiger partial charge in [0.1, 0.15) is 0 Å². The van der Waals surface area contributed by atoms with E-state index in [1.54, 1.807) is 13.2 Å². The van der Waals surface area contributed by atoms with Crippen molar-refractivity contribution < 1.29 is 14.3 Å². The standard InChI is InChI=1S/C18H26N2O3/c1-4-23-17-14-15(6-8-16(17)22-3)7-9-18(21)20-11-5-10-19(2)12-13-20/h6-9,14H,4-5,10-13H2,1-3H3/b9-7+. The van der Waals surface area contributed by atoms with E-state index < -0.39 is 0 Å². The number of amides is 1. The van der Waals surface area contributed by atoms with Crippen molar-refractivity contribution >= 4 is 12.0 Å². The summed E-state index contributed by atoms with van der Waals surface area (Å²) in [6.07, 6.45) is 4.49. The van der Waals surface area contributed by atoms with Gasteiger partial charge in [-0.25, -0.2) is 0 Å². The maximum absolute atomic E-state index is 12.3. The molecule has 1 aromatic carbocycles. The highest BCUT2D eigenvalue weighted by atomic mass is 16.5. The van der Waals surface area contributed by atoms with E-state index in [2.05, 4.69) is 11.9 Å². The zero-order valence-electron chi connectivity index (χ0n) is 14.2. The van der Waals surface area contributed by atoms with Crippen molar-refractivity contribution in [2.24, 2.45) is 0 Å². The molecule has 0 aromatic heterocycles. The highest BCUT2D eigenvalue weighted by molar-refractivity contribution is 5.91. The summed E-state index contributed by atoms with van der Waals surface area (Å²) in [5, 5.41) is 0. The van der Waals surface area contributed by atoms with Gasteiger partial charge in [0.05, 0.1) is 13.7 Å². The van der Waals surface area contributed by atoms with E-state index in [1.807, 2.05) is 36.1 Å². The number of nitrogens with zero attached hydrogens (tertiary/aromatic N) is 2. The van der Waals surface area contributed by atoms with Gasteiger partial charge in [-0.15, -0.1) is 0 Å². The van der Waals surface area contributed by atoms with E-state index in [9.17, 15) is 4.79 Å². The van der Waals surface area contributed by atoms with Gasteiger partial charge < -0.3 is 19.3 Å². The lowest BCUT2D eigenvalue weighted by molar-refractivity contribution is -0.125. The summed E-state index contributed by atoms with van der Waals surface area (Å²) in [5.41, 5.74) is 0.925. The third-order valence-electron chi connectivity index (χ3n) is 3.94. The molecule has 126 valence electrons. The summed E-state index contributed by atoms with van der Waals surface area (Å²) in [5.74, 6) is 1.46. The van der Waals surface area contributed by atoms with Crippen LogP contribution in [0.15, 0.2) is 24.3 Å². The SMILES string of the molecule is CCOc1cc(/C=C/C(=O)N2CCCN(C)CC2)ccc1OC. The Morgan fingerprint density at radius 2 is 2.04 bits per heavy atom. The molecular weight excluding hydrogens is 292 g/mol. The Bertz CT molecular complexity index is 557. The average Bonchev–Trinajstić information content (AvgIpc) is 2.78. The molecule has 1 aliphatic rings. The average molecular weight is 318 g/mol. The van der Waals surface area contributed by atoms with Crippen LogP contribution in [0.4, 0.5) is 0 Å². The summed E-state index contributed by atoms with van der Waals surface area (Å²) in [6.45, 7) is 6.08. The molecule has 0 spiro atoms. The second-order valence-electron chi connectivity index (χ2n) is 5.66. The minimum Gasteiger partial charge on any atom is -0.493 e. The molecule has 2 rings (SSSR count). The fourth-order valence-corrected chi connectivity index (χ4v) is 2.61.